The molecule has 1 saturated heterocycles. The van der Waals surface area contributed by atoms with Gasteiger partial charge in [0, 0.05) is 36.3 Å². The summed E-state index contributed by atoms with van der Waals surface area (Å²) in [7, 11) is 0. The SMILES string of the molecule is Cc1ccc2c(c1)[C@H]1CN(CC(=O)c3ccccc3)CC[C@H]1N2.Cl. The molecule has 0 aliphatic carbocycles. The van der Waals surface area contributed by atoms with E-state index in [1.807, 2.05) is 30.3 Å². The van der Waals surface area contributed by atoms with Gasteiger partial charge < -0.3 is 5.32 Å². The summed E-state index contributed by atoms with van der Waals surface area (Å²) in [6, 6.07) is 16.8. The highest BCUT2D eigenvalue weighted by atomic mass is 35.5. The zero-order valence-electron chi connectivity index (χ0n) is 13.9. The minimum atomic E-state index is 0. The number of hydrogen-bond acceptors (Lipinski definition) is 3. The van der Waals surface area contributed by atoms with Gasteiger partial charge >= 0.3 is 0 Å². The molecule has 2 aliphatic rings. The van der Waals surface area contributed by atoms with E-state index >= 15 is 0 Å². The van der Waals surface area contributed by atoms with Crippen molar-refractivity contribution in [2.24, 2.45) is 0 Å². The van der Waals surface area contributed by atoms with Gasteiger partial charge in [-0.25, -0.2) is 0 Å². The Morgan fingerprint density at radius 1 is 1.21 bits per heavy atom. The van der Waals surface area contributed by atoms with Crippen LogP contribution in [0.5, 0.6) is 0 Å². The number of aryl methyl sites for hydroxylation is 1. The first-order chi connectivity index (χ1) is 11.2. The topological polar surface area (TPSA) is 32.3 Å². The van der Waals surface area contributed by atoms with Gasteiger partial charge in [0.2, 0.25) is 0 Å². The molecule has 2 heterocycles. The number of halogens is 1. The zero-order valence-corrected chi connectivity index (χ0v) is 14.7. The molecule has 2 aromatic carbocycles. The number of piperidine rings is 1. The average molecular weight is 343 g/mol. The van der Waals surface area contributed by atoms with E-state index in [0.29, 0.717) is 18.5 Å². The first-order valence-corrected chi connectivity index (χ1v) is 8.38. The van der Waals surface area contributed by atoms with Gasteiger partial charge in [-0.3, -0.25) is 9.69 Å². The Morgan fingerprint density at radius 2 is 2.00 bits per heavy atom. The molecule has 24 heavy (non-hydrogen) atoms. The second-order valence-electron chi connectivity index (χ2n) is 6.76. The number of nitrogens with one attached hydrogen (secondary N) is 1. The largest absolute Gasteiger partial charge is 0.381 e. The summed E-state index contributed by atoms with van der Waals surface area (Å²) in [6.07, 6.45) is 1.10. The monoisotopic (exact) mass is 342 g/mol. The lowest BCUT2D eigenvalue weighted by atomic mass is 9.88. The first-order valence-electron chi connectivity index (χ1n) is 8.38. The summed E-state index contributed by atoms with van der Waals surface area (Å²) in [5.41, 5.74) is 4.83. The van der Waals surface area contributed by atoms with Crippen LogP contribution in [0.3, 0.4) is 0 Å². The molecule has 4 rings (SSSR count). The van der Waals surface area contributed by atoms with Crippen LogP contribution in [0, 0.1) is 6.92 Å². The van der Waals surface area contributed by atoms with E-state index in [4.69, 9.17) is 0 Å². The Hall–Kier alpha value is -1.84. The molecular weight excluding hydrogens is 320 g/mol. The van der Waals surface area contributed by atoms with Gasteiger partial charge in [0.25, 0.3) is 0 Å². The Bertz CT molecular complexity index is 732. The summed E-state index contributed by atoms with van der Waals surface area (Å²) >= 11 is 0. The van der Waals surface area contributed by atoms with Crippen LogP contribution in [0.2, 0.25) is 0 Å². The predicted molar refractivity (Wildman–Crippen MR) is 100 cm³/mol. The second-order valence-corrected chi connectivity index (χ2v) is 6.76. The number of rotatable bonds is 3. The Morgan fingerprint density at radius 3 is 2.79 bits per heavy atom. The Kier molecular flexibility index (Phi) is 4.93. The molecule has 2 aromatic rings. The highest BCUT2D eigenvalue weighted by Crippen LogP contribution is 2.40. The van der Waals surface area contributed by atoms with Crippen molar-refractivity contribution in [1.82, 2.24) is 4.90 Å². The van der Waals surface area contributed by atoms with Crippen molar-refractivity contribution in [2.75, 3.05) is 25.0 Å². The van der Waals surface area contributed by atoms with Gasteiger partial charge in [-0.2, -0.15) is 0 Å². The highest BCUT2D eigenvalue weighted by molar-refractivity contribution is 5.97. The summed E-state index contributed by atoms with van der Waals surface area (Å²) in [5, 5.41) is 3.66. The third kappa shape index (κ3) is 3.19. The molecule has 0 radical (unpaired) electrons. The molecule has 2 atom stereocenters. The fourth-order valence-corrected chi connectivity index (χ4v) is 3.89. The number of benzene rings is 2. The molecule has 1 fully saturated rings. The fraction of sp³-hybridized carbons (Fsp3) is 0.350. The molecule has 126 valence electrons. The minimum Gasteiger partial charge on any atom is -0.381 e. The molecule has 4 heteroatoms. The van der Waals surface area contributed by atoms with E-state index in [9.17, 15) is 4.79 Å². The highest BCUT2D eigenvalue weighted by Gasteiger charge is 2.37. The number of carbonyl (C=O) groups excluding carboxylic acids is 1. The molecule has 0 spiro atoms. The molecule has 3 nitrogen and oxygen atoms in total. The van der Waals surface area contributed by atoms with Crippen molar-refractivity contribution in [3.8, 4) is 0 Å². The second kappa shape index (κ2) is 6.96. The summed E-state index contributed by atoms with van der Waals surface area (Å²) in [6.45, 7) is 4.62. The van der Waals surface area contributed by atoms with Crippen LogP contribution in [0.15, 0.2) is 48.5 Å². The van der Waals surface area contributed by atoms with E-state index in [-0.39, 0.29) is 18.2 Å². The number of Topliss-reactive ketones (excluding diaryl/α,β-unsaturated/α-hetero) is 1. The van der Waals surface area contributed by atoms with E-state index in [2.05, 4.69) is 35.3 Å². The van der Waals surface area contributed by atoms with Crippen molar-refractivity contribution in [3.63, 3.8) is 0 Å². The van der Waals surface area contributed by atoms with Crippen LogP contribution >= 0.6 is 12.4 Å². The van der Waals surface area contributed by atoms with E-state index in [1.54, 1.807) is 0 Å². The number of anilines is 1. The maximum Gasteiger partial charge on any atom is 0.176 e. The van der Waals surface area contributed by atoms with E-state index in [1.165, 1.54) is 16.8 Å². The van der Waals surface area contributed by atoms with Crippen molar-refractivity contribution in [2.45, 2.75) is 25.3 Å². The van der Waals surface area contributed by atoms with Gasteiger partial charge in [0.15, 0.2) is 5.78 Å². The summed E-state index contributed by atoms with van der Waals surface area (Å²) < 4.78 is 0. The number of likely N-dealkylation sites (tertiary alicyclic amines) is 1. The first kappa shape index (κ1) is 17.0. The van der Waals surface area contributed by atoms with E-state index < -0.39 is 0 Å². The van der Waals surface area contributed by atoms with Crippen LogP contribution in [0.25, 0.3) is 0 Å². The fourth-order valence-electron chi connectivity index (χ4n) is 3.89. The van der Waals surface area contributed by atoms with Gasteiger partial charge in [0.1, 0.15) is 0 Å². The molecule has 0 saturated carbocycles. The standard InChI is InChI=1S/C20H22N2O.ClH/c1-14-7-8-18-16(11-14)17-12-22(10-9-19(17)21-18)13-20(23)15-5-3-2-4-6-15;/h2-8,11,17,19,21H,9-10,12-13H2,1H3;1H/t17-,19-;/m1./s1. The number of hydrogen-bond donors (Lipinski definition) is 1. The van der Waals surface area contributed by atoms with Crippen LogP contribution in [-0.2, 0) is 0 Å². The third-order valence-corrected chi connectivity index (χ3v) is 5.11. The smallest absolute Gasteiger partial charge is 0.176 e. The van der Waals surface area contributed by atoms with Crippen LogP contribution in [-0.4, -0.2) is 36.4 Å². The molecule has 1 N–H and O–H groups in total. The Balaban J connectivity index is 0.00000169. The van der Waals surface area contributed by atoms with Crippen molar-refractivity contribution in [3.05, 3.63) is 65.2 Å². The summed E-state index contributed by atoms with van der Waals surface area (Å²) in [4.78, 5) is 14.8. The number of fused-ring (bicyclic) bond motifs is 3. The van der Waals surface area contributed by atoms with Crippen molar-refractivity contribution in [1.29, 1.82) is 0 Å². The molecular formula is C20H23ClN2O. The van der Waals surface area contributed by atoms with Gasteiger partial charge in [0.05, 0.1) is 6.54 Å². The maximum atomic E-state index is 12.4. The molecule has 0 amide bonds. The van der Waals surface area contributed by atoms with Crippen molar-refractivity contribution >= 4 is 23.9 Å². The minimum absolute atomic E-state index is 0. The quantitative estimate of drug-likeness (QED) is 0.859. The van der Waals surface area contributed by atoms with Crippen LogP contribution in [0.1, 0.15) is 33.8 Å². The predicted octanol–water partition coefficient (Wildman–Crippen LogP) is 3.88. The summed E-state index contributed by atoms with van der Waals surface area (Å²) in [5.74, 6) is 0.724. The lowest BCUT2D eigenvalue weighted by Gasteiger charge is -2.34. The van der Waals surface area contributed by atoms with Crippen molar-refractivity contribution < 1.29 is 4.79 Å². The molecule has 2 aliphatic heterocycles. The molecule has 0 bridgehead atoms. The van der Waals surface area contributed by atoms with Gasteiger partial charge in [-0.1, -0.05) is 48.0 Å². The molecule has 0 aromatic heterocycles. The average Bonchev–Trinajstić information content (AvgIpc) is 2.93. The Labute approximate surface area is 149 Å². The normalized spacial score (nSPS) is 22.0. The lowest BCUT2D eigenvalue weighted by molar-refractivity contribution is 0.0904. The van der Waals surface area contributed by atoms with Crippen LogP contribution in [0.4, 0.5) is 5.69 Å². The van der Waals surface area contributed by atoms with E-state index in [0.717, 1.165) is 25.1 Å². The molecule has 0 unspecified atom stereocenters. The third-order valence-electron chi connectivity index (χ3n) is 5.11. The van der Waals surface area contributed by atoms with Gasteiger partial charge in [-0.05, 0) is 25.0 Å². The van der Waals surface area contributed by atoms with Crippen LogP contribution < -0.4 is 5.32 Å². The maximum absolute atomic E-state index is 12.4. The van der Waals surface area contributed by atoms with Gasteiger partial charge in [-0.15, -0.1) is 12.4 Å². The number of carbonyl (C=O) groups is 1. The number of ketones is 1. The zero-order chi connectivity index (χ0) is 15.8. The number of nitrogens with zero attached hydrogens (tertiary/aromatic N) is 1. The lowest BCUT2D eigenvalue weighted by Crippen LogP contribution is -2.44.